The van der Waals surface area contributed by atoms with E-state index in [-0.39, 0.29) is 34.0 Å². The zero-order chi connectivity index (χ0) is 8.39. The molecule has 3 heteroatoms. The minimum absolute atomic E-state index is 0. The predicted octanol–water partition coefficient (Wildman–Crippen LogP) is 2.77. The SMILES string of the molecule is Cl.Fc1cccc(C[AsH]C2CC2)c1. The zero-order valence-electron chi connectivity index (χ0n) is 7.29. The van der Waals surface area contributed by atoms with Crippen LogP contribution in [-0.2, 0) is 5.21 Å². The molecule has 1 aliphatic carbocycles. The Labute approximate surface area is 91.0 Å². The van der Waals surface area contributed by atoms with Gasteiger partial charge in [-0.05, 0) is 0 Å². The Morgan fingerprint density at radius 2 is 2.15 bits per heavy atom. The first-order valence-corrected chi connectivity index (χ1v) is 7.02. The first-order valence-electron chi connectivity index (χ1n) is 4.32. The van der Waals surface area contributed by atoms with Gasteiger partial charge in [0.25, 0.3) is 0 Å². The van der Waals surface area contributed by atoms with Crippen molar-refractivity contribution in [1.82, 2.24) is 0 Å². The van der Waals surface area contributed by atoms with Crippen molar-refractivity contribution in [2.45, 2.75) is 22.8 Å². The fourth-order valence-corrected chi connectivity index (χ4v) is 3.96. The van der Waals surface area contributed by atoms with Crippen LogP contribution in [-0.4, -0.2) is 15.8 Å². The quantitative estimate of drug-likeness (QED) is 0.735. The van der Waals surface area contributed by atoms with Gasteiger partial charge in [0.05, 0.1) is 0 Å². The molecule has 1 saturated carbocycles. The van der Waals surface area contributed by atoms with E-state index in [0.717, 1.165) is 4.71 Å². The first-order chi connectivity index (χ1) is 5.84. The monoisotopic (exact) mass is 262 g/mol. The Bertz CT molecular complexity index is 273. The summed E-state index contributed by atoms with van der Waals surface area (Å²) in [5.74, 6) is -0.0881. The van der Waals surface area contributed by atoms with E-state index >= 15 is 0 Å². The van der Waals surface area contributed by atoms with E-state index in [0.29, 0.717) is 0 Å². The summed E-state index contributed by atoms with van der Waals surface area (Å²) >= 11 is 0.193. The molecule has 0 N–H and O–H groups in total. The number of hydrogen-bond acceptors (Lipinski definition) is 0. The van der Waals surface area contributed by atoms with Gasteiger partial charge in [0.2, 0.25) is 0 Å². The fraction of sp³-hybridized carbons (Fsp3) is 0.400. The molecule has 13 heavy (non-hydrogen) atoms. The van der Waals surface area contributed by atoms with Crippen molar-refractivity contribution in [3.63, 3.8) is 0 Å². The third-order valence-corrected chi connectivity index (χ3v) is 5.77. The van der Waals surface area contributed by atoms with Gasteiger partial charge in [-0.2, -0.15) is 0 Å². The summed E-state index contributed by atoms with van der Waals surface area (Å²) in [4.78, 5) is 0. The second-order valence-corrected chi connectivity index (χ2v) is 6.60. The standard InChI is InChI=1S/C10H12AsF.ClH/c12-10-3-1-2-8(6-10)7-11-9-4-5-9;/h1-3,6,9,11H,4-5,7H2;1H. The summed E-state index contributed by atoms with van der Waals surface area (Å²) in [7, 11) is 0. The topological polar surface area (TPSA) is 0 Å². The molecular weight excluding hydrogens is 249 g/mol. The summed E-state index contributed by atoms with van der Waals surface area (Å²) in [6, 6.07) is 7.03. The van der Waals surface area contributed by atoms with Crippen molar-refractivity contribution in [1.29, 1.82) is 0 Å². The first kappa shape index (κ1) is 11.1. The van der Waals surface area contributed by atoms with Crippen LogP contribution < -0.4 is 0 Å². The average Bonchev–Trinajstić information content (AvgIpc) is 2.84. The van der Waals surface area contributed by atoms with Gasteiger partial charge in [-0.1, -0.05) is 0 Å². The molecular formula is C10H13AsClF. The van der Waals surface area contributed by atoms with Crippen LogP contribution in [0.2, 0.25) is 4.71 Å². The van der Waals surface area contributed by atoms with Crippen LogP contribution in [0.3, 0.4) is 0 Å². The number of rotatable bonds is 3. The zero-order valence-corrected chi connectivity index (χ0v) is 10.2. The van der Waals surface area contributed by atoms with Gasteiger partial charge in [0, 0.05) is 0 Å². The molecule has 1 fully saturated rings. The molecule has 2 rings (SSSR count). The van der Waals surface area contributed by atoms with Crippen LogP contribution in [0.1, 0.15) is 18.4 Å². The van der Waals surface area contributed by atoms with Gasteiger partial charge < -0.3 is 0 Å². The Morgan fingerprint density at radius 1 is 1.38 bits per heavy atom. The van der Waals surface area contributed by atoms with Crippen LogP contribution >= 0.6 is 12.4 Å². The Morgan fingerprint density at radius 3 is 2.77 bits per heavy atom. The molecule has 1 unspecified atom stereocenters. The summed E-state index contributed by atoms with van der Waals surface area (Å²) in [6.45, 7) is 0. The van der Waals surface area contributed by atoms with Gasteiger partial charge >= 0.3 is 78.5 Å². The molecule has 0 aliphatic heterocycles. The van der Waals surface area contributed by atoms with E-state index in [4.69, 9.17) is 0 Å². The maximum absolute atomic E-state index is 12.7. The van der Waals surface area contributed by atoms with Crippen molar-refractivity contribution in [2.24, 2.45) is 0 Å². The third kappa shape index (κ3) is 3.70. The van der Waals surface area contributed by atoms with Gasteiger partial charge in [-0.3, -0.25) is 0 Å². The molecule has 0 nitrogen and oxygen atoms in total. The van der Waals surface area contributed by atoms with E-state index in [1.807, 2.05) is 12.1 Å². The van der Waals surface area contributed by atoms with E-state index in [9.17, 15) is 4.39 Å². The van der Waals surface area contributed by atoms with Gasteiger partial charge in [-0.25, -0.2) is 0 Å². The van der Waals surface area contributed by atoms with Crippen molar-refractivity contribution in [3.05, 3.63) is 35.6 Å². The summed E-state index contributed by atoms with van der Waals surface area (Å²) in [5.41, 5.74) is 1.20. The van der Waals surface area contributed by atoms with E-state index in [1.165, 1.54) is 29.7 Å². The molecule has 1 aliphatic rings. The molecule has 1 aromatic rings. The Hall–Kier alpha value is -0.00156. The van der Waals surface area contributed by atoms with Crippen LogP contribution in [0.4, 0.5) is 4.39 Å². The molecule has 1 aromatic carbocycles. The van der Waals surface area contributed by atoms with Gasteiger partial charge in [-0.15, -0.1) is 12.4 Å². The summed E-state index contributed by atoms with van der Waals surface area (Å²) in [5, 5.41) is 1.17. The van der Waals surface area contributed by atoms with Crippen molar-refractivity contribution in [2.75, 3.05) is 0 Å². The molecule has 1 atom stereocenters. The molecule has 0 saturated heterocycles. The third-order valence-electron chi connectivity index (χ3n) is 2.06. The maximum atomic E-state index is 12.7. The average molecular weight is 263 g/mol. The van der Waals surface area contributed by atoms with E-state index in [1.54, 1.807) is 6.07 Å². The molecule has 0 heterocycles. The second-order valence-electron chi connectivity index (χ2n) is 3.29. The molecule has 0 bridgehead atoms. The normalized spacial score (nSPS) is 16.1. The van der Waals surface area contributed by atoms with Crippen LogP contribution in [0.25, 0.3) is 0 Å². The molecule has 0 aromatic heterocycles. The Balaban J connectivity index is 0.000000845. The van der Waals surface area contributed by atoms with E-state index in [2.05, 4.69) is 0 Å². The fourth-order valence-electron chi connectivity index (χ4n) is 1.20. The predicted molar refractivity (Wildman–Crippen MR) is 57.5 cm³/mol. The number of halogens is 2. The van der Waals surface area contributed by atoms with Crippen LogP contribution in [0.15, 0.2) is 24.3 Å². The van der Waals surface area contributed by atoms with Crippen LogP contribution in [0.5, 0.6) is 0 Å². The molecule has 0 spiro atoms. The van der Waals surface area contributed by atoms with Crippen molar-refractivity contribution < 1.29 is 4.39 Å². The van der Waals surface area contributed by atoms with Gasteiger partial charge in [0.15, 0.2) is 0 Å². The second kappa shape index (κ2) is 5.02. The van der Waals surface area contributed by atoms with E-state index < -0.39 is 0 Å². The molecule has 0 radical (unpaired) electrons. The van der Waals surface area contributed by atoms with Crippen LogP contribution in [0, 0.1) is 5.82 Å². The number of hydrogen-bond donors (Lipinski definition) is 0. The molecule has 0 amide bonds. The summed E-state index contributed by atoms with van der Waals surface area (Å²) < 4.78 is 13.8. The minimum atomic E-state index is -0.0881. The van der Waals surface area contributed by atoms with Gasteiger partial charge in [0.1, 0.15) is 0 Å². The number of benzene rings is 1. The molecule has 72 valence electrons. The van der Waals surface area contributed by atoms with Crippen molar-refractivity contribution >= 4 is 28.2 Å². The Kier molecular flexibility index (Phi) is 4.28. The van der Waals surface area contributed by atoms with Crippen molar-refractivity contribution in [3.8, 4) is 0 Å². The summed E-state index contributed by atoms with van der Waals surface area (Å²) in [6.07, 6.45) is 2.88.